The first-order valence-electron chi connectivity index (χ1n) is 6.14. The maximum Gasteiger partial charge on any atom is 0.180 e. The smallest absolute Gasteiger partial charge is 0.180 e. The van der Waals surface area contributed by atoms with Gasteiger partial charge in [-0.15, -0.1) is 11.3 Å². The van der Waals surface area contributed by atoms with Gasteiger partial charge in [-0.1, -0.05) is 13.8 Å². The van der Waals surface area contributed by atoms with Crippen molar-refractivity contribution in [3.05, 3.63) is 11.1 Å². The first-order valence-corrected chi connectivity index (χ1v) is 7.02. The molecule has 0 amide bonds. The van der Waals surface area contributed by atoms with Crippen LogP contribution in [-0.4, -0.2) is 36.2 Å². The van der Waals surface area contributed by atoms with Gasteiger partial charge in [0.15, 0.2) is 5.13 Å². The van der Waals surface area contributed by atoms with Crippen LogP contribution < -0.4 is 5.73 Å². The second kappa shape index (κ2) is 7.63. The number of ether oxygens (including phenoxy) is 1. The van der Waals surface area contributed by atoms with Crippen LogP contribution >= 0.6 is 11.3 Å². The fraction of sp³-hybridized carbons (Fsp3) is 0.750. The highest BCUT2D eigenvalue weighted by Crippen LogP contribution is 2.16. The van der Waals surface area contributed by atoms with E-state index in [9.17, 15) is 0 Å². The summed E-state index contributed by atoms with van der Waals surface area (Å²) >= 11 is 1.51. The van der Waals surface area contributed by atoms with Crippen LogP contribution in [0.15, 0.2) is 5.38 Å². The largest absolute Gasteiger partial charge is 0.383 e. The van der Waals surface area contributed by atoms with Crippen molar-refractivity contribution >= 4 is 16.5 Å². The average molecular weight is 257 g/mol. The predicted molar refractivity (Wildman–Crippen MR) is 73.2 cm³/mol. The first-order chi connectivity index (χ1) is 8.21. The number of methoxy groups -OCH3 is 1. The minimum absolute atomic E-state index is 0.591. The first kappa shape index (κ1) is 14.4. The van der Waals surface area contributed by atoms with E-state index in [-0.39, 0.29) is 0 Å². The summed E-state index contributed by atoms with van der Waals surface area (Å²) in [7, 11) is 1.74. The molecule has 0 bridgehead atoms. The molecule has 17 heavy (non-hydrogen) atoms. The van der Waals surface area contributed by atoms with Gasteiger partial charge in [0.2, 0.25) is 0 Å². The van der Waals surface area contributed by atoms with Gasteiger partial charge in [0.1, 0.15) is 0 Å². The summed E-state index contributed by atoms with van der Waals surface area (Å²) in [6.07, 6.45) is 2.31. The molecule has 2 N–H and O–H groups in total. The zero-order valence-electron chi connectivity index (χ0n) is 11.0. The van der Waals surface area contributed by atoms with Crippen molar-refractivity contribution in [1.29, 1.82) is 0 Å². The van der Waals surface area contributed by atoms with Crippen LogP contribution in [0.25, 0.3) is 0 Å². The van der Waals surface area contributed by atoms with E-state index in [1.165, 1.54) is 11.3 Å². The van der Waals surface area contributed by atoms with Crippen LogP contribution in [-0.2, 0) is 11.3 Å². The molecule has 0 aliphatic rings. The fourth-order valence-corrected chi connectivity index (χ4v) is 2.56. The minimum Gasteiger partial charge on any atom is -0.383 e. The van der Waals surface area contributed by atoms with Crippen molar-refractivity contribution in [3.8, 4) is 0 Å². The SMILES string of the molecule is CCC(CC)N(CCOC)Cc1csc(N)n1. The molecule has 0 saturated carbocycles. The summed E-state index contributed by atoms with van der Waals surface area (Å²) in [4.78, 5) is 6.75. The van der Waals surface area contributed by atoms with Crippen molar-refractivity contribution in [2.45, 2.75) is 39.3 Å². The molecule has 0 saturated heterocycles. The van der Waals surface area contributed by atoms with Gasteiger partial charge in [0, 0.05) is 31.6 Å². The van der Waals surface area contributed by atoms with Gasteiger partial charge in [-0.2, -0.15) is 0 Å². The second-order valence-corrected chi connectivity index (χ2v) is 5.00. The molecule has 5 heteroatoms. The van der Waals surface area contributed by atoms with Crippen LogP contribution in [0.4, 0.5) is 5.13 Å². The molecule has 4 nitrogen and oxygen atoms in total. The third-order valence-electron chi connectivity index (χ3n) is 2.98. The lowest BCUT2D eigenvalue weighted by Crippen LogP contribution is -2.36. The van der Waals surface area contributed by atoms with E-state index in [2.05, 4.69) is 23.7 Å². The van der Waals surface area contributed by atoms with E-state index in [0.29, 0.717) is 11.2 Å². The summed E-state index contributed by atoms with van der Waals surface area (Å²) in [6.45, 7) is 7.02. The molecule has 0 fully saturated rings. The van der Waals surface area contributed by atoms with Gasteiger partial charge in [0.05, 0.1) is 12.3 Å². The van der Waals surface area contributed by atoms with Crippen LogP contribution in [0.5, 0.6) is 0 Å². The maximum atomic E-state index is 5.66. The Morgan fingerprint density at radius 2 is 2.18 bits per heavy atom. The topological polar surface area (TPSA) is 51.4 Å². The van der Waals surface area contributed by atoms with Gasteiger partial charge in [-0.25, -0.2) is 4.98 Å². The minimum atomic E-state index is 0.591. The molecule has 0 unspecified atom stereocenters. The van der Waals surface area contributed by atoms with E-state index >= 15 is 0 Å². The number of thiazole rings is 1. The molecule has 1 heterocycles. The summed E-state index contributed by atoms with van der Waals surface area (Å²) in [5, 5.41) is 2.69. The number of nitrogens with zero attached hydrogens (tertiary/aromatic N) is 2. The Kier molecular flexibility index (Phi) is 6.47. The molecule has 0 spiro atoms. The molecule has 1 aromatic heterocycles. The third-order valence-corrected chi connectivity index (χ3v) is 3.70. The Hall–Kier alpha value is -0.650. The molecular formula is C12H23N3OS. The molecule has 0 atom stereocenters. The standard InChI is InChI=1S/C12H23N3OS/c1-4-11(5-2)15(6-7-16-3)8-10-9-17-12(13)14-10/h9,11H,4-8H2,1-3H3,(H2,13,14). The number of nitrogens with two attached hydrogens (primary N) is 1. The number of hydrogen-bond donors (Lipinski definition) is 1. The molecule has 98 valence electrons. The Morgan fingerprint density at radius 1 is 1.47 bits per heavy atom. The molecule has 0 aliphatic carbocycles. The molecule has 0 aliphatic heterocycles. The Labute approximate surface area is 108 Å². The quantitative estimate of drug-likeness (QED) is 0.777. The average Bonchev–Trinajstić information content (AvgIpc) is 2.73. The Morgan fingerprint density at radius 3 is 2.65 bits per heavy atom. The summed E-state index contributed by atoms with van der Waals surface area (Å²) in [5.41, 5.74) is 6.73. The highest BCUT2D eigenvalue weighted by molar-refractivity contribution is 7.13. The summed E-state index contributed by atoms with van der Waals surface area (Å²) < 4.78 is 5.17. The van der Waals surface area contributed by atoms with Gasteiger partial charge >= 0.3 is 0 Å². The highest BCUT2D eigenvalue weighted by Gasteiger charge is 2.16. The number of hydrogen-bond acceptors (Lipinski definition) is 5. The Bertz CT molecular complexity index is 312. The van der Waals surface area contributed by atoms with Crippen molar-refractivity contribution in [2.24, 2.45) is 0 Å². The van der Waals surface area contributed by atoms with Gasteiger partial charge < -0.3 is 10.5 Å². The lowest BCUT2D eigenvalue weighted by Gasteiger charge is -2.29. The molecular weight excluding hydrogens is 234 g/mol. The normalized spacial score (nSPS) is 11.6. The predicted octanol–water partition coefficient (Wildman–Crippen LogP) is 2.36. The molecule has 0 radical (unpaired) electrons. The molecule has 1 rings (SSSR count). The van der Waals surface area contributed by atoms with E-state index in [0.717, 1.165) is 38.2 Å². The van der Waals surface area contributed by atoms with Crippen LogP contribution in [0.2, 0.25) is 0 Å². The van der Waals surface area contributed by atoms with E-state index < -0.39 is 0 Å². The van der Waals surface area contributed by atoms with Crippen molar-refractivity contribution in [1.82, 2.24) is 9.88 Å². The zero-order valence-corrected chi connectivity index (χ0v) is 11.8. The monoisotopic (exact) mass is 257 g/mol. The van der Waals surface area contributed by atoms with E-state index in [4.69, 9.17) is 10.5 Å². The lowest BCUT2D eigenvalue weighted by atomic mass is 10.1. The van der Waals surface area contributed by atoms with Crippen LogP contribution in [0, 0.1) is 0 Å². The number of nitrogen functional groups attached to an aromatic ring is 1. The third kappa shape index (κ3) is 4.61. The van der Waals surface area contributed by atoms with Crippen molar-refractivity contribution < 1.29 is 4.74 Å². The van der Waals surface area contributed by atoms with Gasteiger partial charge in [0.25, 0.3) is 0 Å². The summed E-state index contributed by atoms with van der Waals surface area (Å²) in [5.74, 6) is 0. The second-order valence-electron chi connectivity index (χ2n) is 4.11. The number of aromatic nitrogens is 1. The van der Waals surface area contributed by atoms with Crippen molar-refractivity contribution in [3.63, 3.8) is 0 Å². The lowest BCUT2D eigenvalue weighted by molar-refractivity contribution is 0.109. The number of anilines is 1. The molecule has 0 aromatic carbocycles. The maximum absolute atomic E-state index is 5.66. The highest BCUT2D eigenvalue weighted by atomic mass is 32.1. The van der Waals surface area contributed by atoms with Gasteiger partial charge in [-0.3, -0.25) is 4.90 Å². The summed E-state index contributed by atoms with van der Waals surface area (Å²) in [6, 6.07) is 0.591. The van der Waals surface area contributed by atoms with Crippen LogP contribution in [0.1, 0.15) is 32.4 Å². The van der Waals surface area contributed by atoms with E-state index in [1.54, 1.807) is 7.11 Å². The fourth-order valence-electron chi connectivity index (χ4n) is 2.01. The molecule has 1 aromatic rings. The van der Waals surface area contributed by atoms with Gasteiger partial charge in [-0.05, 0) is 12.8 Å². The van der Waals surface area contributed by atoms with Crippen LogP contribution in [0.3, 0.4) is 0 Å². The van der Waals surface area contributed by atoms with Crippen molar-refractivity contribution in [2.75, 3.05) is 26.0 Å². The zero-order chi connectivity index (χ0) is 12.7. The van der Waals surface area contributed by atoms with E-state index in [1.807, 2.05) is 5.38 Å². The Balaban J connectivity index is 2.61. The number of rotatable bonds is 8.